The molecular formula is C9H14Cl2N2O2. The molecule has 0 aromatic carbocycles. The molecule has 0 bridgehead atoms. The molecule has 0 fully saturated rings. The van der Waals surface area contributed by atoms with Crippen molar-refractivity contribution in [3.05, 3.63) is 30.1 Å². The van der Waals surface area contributed by atoms with E-state index in [1.165, 1.54) is 0 Å². The number of carbonyl (C=O) groups is 1. The maximum absolute atomic E-state index is 10.5. The lowest BCUT2D eigenvalue weighted by Crippen LogP contribution is -2.16. The van der Waals surface area contributed by atoms with Crippen molar-refractivity contribution in [1.29, 1.82) is 0 Å². The van der Waals surface area contributed by atoms with Gasteiger partial charge in [-0.3, -0.25) is 9.78 Å². The van der Waals surface area contributed by atoms with E-state index in [0.717, 1.165) is 5.56 Å². The molecule has 0 radical (unpaired) electrons. The predicted molar refractivity (Wildman–Crippen MR) is 62.8 cm³/mol. The van der Waals surface area contributed by atoms with Gasteiger partial charge in [0, 0.05) is 18.3 Å². The van der Waals surface area contributed by atoms with E-state index >= 15 is 0 Å². The largest absolute Gasteiger partial charge is 0.481 e. The number of carboxylic acid groups (broad SMARTS) is 1. The first-order valence-corrected chi connectivity index (χ1v) is 4.06. The Morgan fingerprint density at radius 3 is 2.33 bits per heavy atom. The summed E-state index contributed by atoms with van der Waals surface area (Å²) in [5.74, 6) is -0.937. The van der Waals surface area contributed by atoms with Crippen LogP contribution in [-0.4, -0.2) is 22.6 Å². The number of pyridine rings is 1. The molecule has 0 spiro atoms. The first kappa shape index (κ1) is 16.6. The van der Waals surface area contributed by atoms with E-state index in [9.17, 15) is 4.79 Å². The Kier molecular flexibility index (Phi) is 9.36. The third-order valence-corrected chi connectivity index (χ3v) is 1.88. The molecule has 4 nitrogen and oxygen atoms in total. The number of hydrogen-bond donors (Lipinski definition) is 2. The fraction of sp³-hybridized carbons (Fsp3) is 0.333. The average Bonchev–Trinajstić information content (AvgIpc) is 2.15. The van der Waals surface area contributed by atoms with E-state index in [-0.39, 0.29) is 37.2 Å². The third-order valence-electron chi connectivity index (χ3n) is 1.88. The first-order chi connectivity index (χ1) is 6.24. The number of nitrogens with zero attached hydrogens (tertiary/aromatic N) is 1. The van der Waals surface area contributed by atoms with Gasteiger partial charge in [-0.1, -0.05) is 0 Å². The van der Waals surface area contributed by atoms with E-state index in [2.05, 4.69) is 4.98 Å². The summed E-state index contributed by atoms with van der Waals surface area (Å²) in [5, 5.41) is 8.61. The van der Waals surface area contributed by atoms with Crippen molar-refractivity contribution in [2.45, 2.75) is 12.3 Å². The Labute approximate surface area is 101 Å². The maximum Gasteiger partial charge on any atom is 0.304 e. The second kappa shape index (κ2) is 8.47. The van der Waals surface area contributed by atoms with Gasteiger partial charge in [0.2, 0.25) is 0 Å². The van der Waals surface area contributed by atoms with Crippen LogP contribution in [0.1, 0.15) is 17.9 Å². The minimum Gasteiger partial charge on any atom is -0.481 e. The molecule has 15 heavy (non-hydrogen) atoms. The van der Waals surface area contributed by atoms with Gasteiger partial charge in [0.25, 0.3) is 0 Å². The monoisotopic (exact) mass is 252 g/mol. The number of aliphatic carboxylic acids is 1. The van der Waals surface area contributed by atoms with Crippen LogP contribution in [0.15, 0.2) is 24.5 Å². The Morgan fingerprint density at radius 2 is 1.93 bits per heavy atom. The van der Waals surface area contributed by atoms with E-state index < -0.39 is 5.97 Å². The number of carboxylic acids is 1. The summed E-state index contributed by atoms with van der Waals surface area (Å²) in [6.07, 6.45) is 3.35. The molecule has 1 aromatic heterocycles. The van der Waals surface area contributed by atoms with Crippen molar-refractivity contribution in [2.75, 3.05) is 6.54 Å². The lowest BCUT2D eigenvalue weighted by Gasteiger charge is -2.11. The van der Waals surface area contributed by atoms with Gasteiger partial charge < -0.3 is 10.8 Å². The van der Waals surface area contributed by atoms with Crippen molar-refractivity contribution in [2.24, 2.45) is 5.73 Å². The normalized spacial score (nSPS) is 10.7. The highest BCUT2D eigenvalue weighted by molar-refractivity contribution is 5.85. The molecule has 6 heteroatoms. The quantitative estimate of drug-likeness (QED) is 0.851. The predicted octanol–water partition coefficient (Wildman–Crippen LogP) is 1.44. The van der Waals surface area contributed by atoms with Gasteiger partial charge in [-0.15, -0.1) is 24.8 Å². The zero-order chi connectivity index (χ0) is 9.68. The molecule has 1 aromatic rings. The number of rotatable bonds is 4. The number of hydrogen-bond acceptors (Lipinski definition) is 3. The van der Waals surface area contributed by atoms with Crippen LogP contribution in [0.5, 0.6) is 0 Å². The summed E-state index contributed by atoms with van der Waals surface area (Å²) in [4.78, 5) is 14.3. The highest BCUT2D eigenvalue weighted by Gasteiger charge is 2.12. The number of nitrogens with two attached hydrogens (primary N) is 1. The van der Waals surface area contributed by atoms with Crippen LogP contribution in [0.2, 0.25) is 0 Å². The Balaban J connectivity index is 0. The minimum atomic E-state index is -0.827. The summed E-state index contributed by atoms with van der Waals surface area (Å²) in [7, 11) is 0. The summed E-state index contributed by atoms with van der Waals surface area (Å²) >= 11 is 0. The van der Waals surface area contributed by atoms with Crippen molar-refractivity contribution in [3.63, 3.8) is 0 Å². The maximum atomic E-state index is 10.5. The van der Waals surface area contributed by atoms with Crippen molar-refractivity contribution >= 4 is 30.8 Å². The SMILES string of the molecule is Cl.Cl.NCC(CC(=O)O)c1ccncc1. The van der Waals surface area contributed by atoms with Crippen LogP contribution in [-0.2, 0) is 4.79 Å². The second-order valence-electron chi connectivity index (χ2n) is 2.81. The van der Waals surface area contributed by atoms with Crippen molar-refractivity contribution < 1.29 is 9.90 Å². The van der Waals surface area contributed by atoms with Gasteiger partial charge in [0.15, 0.2) is 0 Å². The third kappa shape index (κ3) is 5.57. The van der Waals surface area contributed by atoms with Gasteiger partial charge in [-0.05, 0) is 24.2 Å². The Hall–Kier alpha value is -0.840. The smallest absolute Gasteiger partial charge is 0.304 e. The molecule has 0 aliphatic rings. The van der Waals surface area contributed by atoms with Gasteiger partial charge in [-0.2, -0.15) is 0 Å². The molecule has 0 saturated heterocycles. The van der Waals surface area contributed by atoms with Crippen LogP contribution in [0.3, 0.4) is 0 Å². The average molecular weight is 253 g/mol. The van der Waals surface area contributed by atoms with E-state index in [1.54, 1.807) is 24.5 Å². The molecule has 0 amide bonds. The fourth-order valence-corrected chi connectivity index (χ4v) is 1.18. The molecule has 1 unspecified atom stereocenters. The van der Waals surface area contributed by atoms with Crippen LogP contribution < -0.4 is 5.73 Å². The van der Waals surface area contributed by atoms with Gasteiger partial charge in [0.1, 0.15) is 0 Å². The Morgan fingerprint density at radius 1 is 1.40 bits per heavy atom. The lowest BCUT2D eigenvalue weighted by atomic mass is 9.97. The molecule has 0 saturated carbocycles. The second-order valence-corrected chi connectivity index (χ2v) is 2.81. The Bertz CT molecular complexity index is 283. The van der Waals surface area contributed by atoms with Crippen LogP contribution in [0.4, 0.5) is 0 Å². The topological polar surface area (TPSA) is 76.2 Å². The number of halogens is 2. The standard InChI is InChI=1S/C9H12N2O2.2ClH/c10-6-8(5-9(12)13)7-1-3-11-4-2-7;;/h1-4,8H,5-6,10H2,(H,12,13);2*1H. The van der Waals surface area contributed by atoms with Gasteiger partial charge in [0.05, 0.1) is 6.42 Å². The molecule has 0 aliphatic carbocycles. The van der Waals surface area contributed by atoms with Gasteiger partial charge in [-0.25, -0.2) is 0 Å². The van der Waals surface area contributed by atoms with E-state index in [1.807, 2.05) is 0 Å². The summed E-state index contributed by atoms with van der Waals surface area (Å²) in [5.41, 5.74) is 6.40. The first-order valence-electron chi connectivity index (χ1n) is 4.06. The van der Waals surface area contributed by atoms with Crippen LogP contribution in [0, 0.1) is 0 Å². The van der Waals surface area contributed by atoms with Crippen LogP contribution in [0.25, 0.3) is 0 Å². The highest BCUT2D eigenvalue weighted by atomic mass is 35.5. The lowest BCUT2D eigenvalue weighted by molar-refractivity contribution is -0.137. The minimum absolute atomic E-state index is 0. The van der Waals surface area contributed by atoms with E-state index in [0.29, 0.717) is 6.54 Å². The molecular weight excluding hydrogens is 239 g/mol. The molecule has 1 heterocycles. The molecule has 0 aliphatic heterocycles. The van der Waals surface area contributed by atoms with Crippen molar-refractivity contribution in [1.82, 2.24) is 4.98 Å². The summed E-state index contributed by atoms with van der Waals surface area (Å²) in [6, 6.07) is 3.58. The highest BCUT2D eigenvalue weighted by Crippen LogP contribution is 2.16. The number of aromatic nitrogens is 1. The molecule has 86 valence electrons. The van der Waals surface area contributed by atoms with Gasteiger partial charge >= 0.3 is 5.97 Å². The van der Waals surface area contributed by atoms with E-state index in [4.69, 9.17) is 10.8 Å². The molecule has 1 rings (SSSR count). The fourth-order valence-electron chi connectivity index (χ4n) is 1.18. The summed E-state index contributed by atoms with van der Waals surface area (Å²) < 4.78 is 0. The zero-order valence-corrected chi connectivity index (χ0v) is 9.63. The van der Waals surface area contributed by atoms with Crippen molar-refractivity contribution in [3.8, 4) is 0 Å². The zero-order valence-electron chi connectivity index (χ0n) is 8.00. The van der Waals surface area contributed by atoms with Crippen LogP contribution >= 0.6 is 24.8 Å². The summed E-state index contributed by atoms with van der Waals surface area (Å²) in [6.45, 7) is 0.344. The molecule has 3 N–H and O–H groups in total. The molecule has 1 atom stereocenters.